The van der Waals surface area contributed by atoms with Crippen molar-refractivity contribution >= 4 is 5.91 Å². The molecule has 1 atom stereocenters. The molecule has 1 aromatic carbocycles. The van der Waals surface area contributed by atoms with Crippen LogP contribution in [0.2, 0.25) is 0 Å². The van der Waals surface area contributed by atoms with Gasteiger partial charge in [0.1, 0.15) is 19.3 Å². The number of hydrogen-bond donors (Lipinski definition) is 1. The molecule has 2 aliphatic heterocycles. The van der Waals surface area contributed by atoms with Crippen molar-refractivity contribution in [3.05, 3.63) is 23.3 Å². The number of amides is 1. The van der Waals surface area contributed by atoms with Crippen molar-refractivity contribution in [1.82, 2.24) is 4.90 Å². The zero-order valence-corrected chi connectivity index (χ0v) is 10.3. The predicted molar refractivity (Wildman–Crippen MR) is 65.7 cm³/mol. The Morgan fingerprint density at radius 1 is 1.33 bits per heavy atom. The van der Waals surface area contributed by atoms with E-state index in [0.717, 1.165) is 29.8 Å². The normalized spacial score (nSPS) is 22.4. The second kappa shape index (κ2) is 4.17. The summed E-state index contributed by atoms with van der Waals surface area (Å²) in [5.74, 6) is 1.16. The van der Waals surface area contributed by atoms with Gasteiger partial charge in [-0.2, -0.15) is 0 Å². The number of carbonyl (C=O) groups excluding carboxylic acids is 1. The molecule has 1 unspecified atom stereocenters. The first-order chi connectivity index (χ1) is 8.66. The van der Waals surface area contributed by atoms with Crippen LogP contribution in [0.25, 0.3) is 0 Å². The molecule has 2 aliphatic rings. The first-order valence-electron chi connectivity index (χ1n) is 6.09. The number of fused-ring (bicyclic) bond motifs is 2. The number of nitrogens with zero attached hydrogens (tertiary/aromatic N) is 1. The van der Waals surface area contributed by atoms with Crippen LogP contribution < -0.4 is 15.2 Å². The van der Waals surface area contributed by atoms with Crippen molar-refractivity contribution in [2.45, 2.75) is 12.5 Å². The summed E-state index contributed by atoms with van der Waals surface area (Å²) in [6, 6.07) is 3.51. The van der Waals surface area contributed by atoms with Crippen LogP contribution in [0.4, 0.5) is 0 Å². The lowest BCUT2D eigenvalue weighted by Crippen LogP contribution is -2.40. The van der Waals surface area contributed by atoms with Gasteiger partial charge in [0.05, 0.1) is 0 Å². The van der Waals surface area contributed by atoms with Crippen LogP contribution in [-0.2, 0) is 11.2 Å². The maximum absolute atomic E-state index is 11.6. The minimum Gasteiger partial charge on any atom is -0.486 e. The Bertz CT molecular complexity index is 501. The van der Waals surface area contributed by atoms with Crippen LogP contribution >= 0.6 is 0 Å². The fourth-order valence-corrected chi connectivity index (χ4v) is 2.65. The number of ether oxygens (including phenoxy) is 2. The summed E-state index contributed by atoms with van der Waals surface area (Å²) in [6.45, 7) is 1.94. The third kappa shape index (κ3) is 1.71. The first kappa shape index (κ1) is 11.3. The Kier molecular flexibility index (Phi) is 2.63. The van der Waals surface area contributed by atoms with Crippen molar-refractivity contribution < 1.29 is 14.3 Å². The summed E-state index contributed by atoms with van der Waals surface area (Å²) < 4.78 is 11.1. The zero-order chi connectivity index (χ0) is 12.7. The van der Waals surface area contributed by atoms with Crippen LogP contribution in [0.3, 0.4) is 0 Å². The van der Waals surface area contributed by atoms with Gasteiger partial charge in [0, 0.05) is 6.54 Å². The number of primary amides is 1. The van der Waals surface area contributed by atoms with Crippen molar-refractivity contribution in [2.24, 2.45) is 5.73 Å². The van der Waals surface area contributed by atoms with Gasteiger partial charge in [-0.15, -0.1) is 0 Å². The Morgan fingerprint density at radius 3 is 2.67 bits per heavy atom. The highest BCUT2D eigenvalue weighted by Gasteiger charge is 2.31. The van der Waals surface area contributed by atoms with Crippen LogP contribution in [0, 0.1) is 0 Å². The second-order valence-corrected chi connectivity index (χ2v) is 4.73. The molecule has 1 amide bonds. The number of likely N-dealkylation sites (N-methyl/N-ethyl adjacent to an activating group) is 1. The second-order valence-electron chi connectivity index (χ2n) is 4.73. The molecule has 3 rings (SSSR count). The Balaban J connectivity index is 2.09. The lowest BCUT2D eigenvalue weighted by atomic mass is 9.92. The van der Waals surface area contributed by atoms with Crippen LogP contribution in [0.15, 0.2) is 12.1 Å². The van der Waals surface area contributed by atoms with Crippen molar-refractivity contribution in [3.8, 4) is 11.5 Å². The maximum Gasteiger partial charge on any atom is 0.239 e. The SMILES string of the molecule is CN1CCc2cc3c(cc2C1C(N)=O)OCCO3. The first-order valence-corrected chi connectivity index (χ1v) is 6.09. The molecular weight excluding hydrogens is 232 g/mol. The van der Waals surface area contributed by atoms with E-state index in [4.69, 9.17) is 15.2 Å². The summed E-state index contributed by atoms with van der Waals surface area (Å²) in [4.78, 5) is 13.6. The molecule has 0 bridgehead atoms. The number of rotatable bonds is 1. The highest BCUT2D eigenvalue weighted by atomic mass is 16.6. The third-order valence-corrected chi connectivity index (χ3v) is 3.54. The molecule has 18 heavy (non-hydrogen) atoms. The van der Waals surface area contributed by atoms with Crippen LogP contribution in [-0.4, -0.2) is 37.6 Å². The summed E-state index contributed by atoms with van der Waals surface area (Å²) >= 11 is 0. The van der Waals surface area contributed by atoms with Crippen molar-refractivity contribution in [1.29, 1.82) is 0 Å². The van der Waals surface area contributed by atoms with E-state index in [9.17, 15) is 4.79 Å². The Morgan fingerprint density at radius 2 is 2.00 bits per heavy atom. The molecule has 0 radical (unpaired) electrons. The summed E-state index contributed by atoms with van der Waals surface area (Å²) in [5, 5.41) is 0. The van der Waals surface area contributed by atoms with Gasteiger partial charge in [-0.05, 0) is 36.7 Å². The van der Waals surface area contributed by atoms with E-state index in [0.29, 0.717) is 19.0 Å². The predicted octanol–water partition coefficient (Wildman–Crippen LogP) is 0.472. The summed E-state index contributed by atoms with van der Waals surface area (Å²) in [5.41, 5.74) is 7.57. The Hall–Kier alpha value is -1.75. The molecule has 0 fully saturated rings. The van der Waals surface area contributed by atoms with E-state index in [2.05, 4.69) is 0 Å². The highest BCUT2D eigenvalue weighted by Crippen LogP contribution is 2.38. The Labute approximate surface area is 105 Å². The van der Waals surface area contributed by atoms with Crippen LogP contribution in [0.1, 0.15) is 17.2 Å². The number of carbonyl (C=O) groups is 1. The van der Waals surface area contributed by atoms with Gasteiger partial charge in [-0.1, -0.05) is 0 Å². The van der Waals surface area contributed by atoms with E-state index in [1.807, 2.05) is 24.1 Å². The molecule has 5 heteroatoms. The van der Waals surface area contributed by atoms with Gasteiger partial charge in [-0.3, -0.25) is 9.69 Å². The third-order valence-electron chi connectivity index (χ3n) is 3.54. The quantitative estimate of drug-likeness (QED) is 0.784. The van der Waals surface area contributed by atoms with Gasteiger partial charge in [-0.25, -0.2) is 0 Å². The van der Waals surface area contributed by atoms with Gasteiger partial charge in [0.25, 0.3) is 0 Å². The lowest BCUT2D eigenvalue weighted by molar-refractivity contribution is -0.123. The maximum atomic E-state index is 11.6. The molecule has 2 N–H and O–H groups in total. The molecule has 0 saturated heterocycles. The monoisotopic (exact) mass is 248 g/mol. The molecule has 1 aromatic rings. The number of benzene rings is 1. The van der Waals surface area contributed by atoms with Gasteiger partial charge in [0.15, 0.2) is 11.5 Å². The average Bonchev–Trinajstić information content (AvgIpc) is 2.36. The molecule has 0 saturated carbocycles. The smallest absolute Gasteiger partial charge is 0.239 e. The van der Waals surface area contributed by atoms with E-state index in [-0.39, 0.29) is 11.9 Å². The highest BCUT2D eigenvalue weighted by molar-refractivity contribution is 5.82. The minimum atomic E-state index is -0.371. The number of nitrogens with two attached hydrogens (primary N) is 1. The molecular formula is C13H16N2O3. The summed E-state index contributed by atoms with van der Waals surface area (Å²) in [7, 11) is 1.91. The zero-order valence-electron chi connectivity index (χ0n) is 10.3. The molecule has 2 heterocycles. The molecule has 0 spiro atoms. The van der Waals surface area contributed by atoms with Crippen molar-refractivity contribution in [2.75, 3.05) is 26.8 Å². The number of hydrogen-bond acceptors (Lipinski definition) is 4. The topological polar surface area (TPSA) is 64.8 Å². The average molecular weight is 248 g/mol. The van der Waals surface area contributed by atoms with E-state index < -0.39 is 0 Å². The minimum absolute atomic E-state index is 0.324. The molecule has 0 aromatic heterocycles. The molecule has 96 valence electrons. The van der Waals surface area contributed by atoms with Crippen molar-refractivity contribution in [3.63, 3.8) is 0 Å². The lowest BCUT2D eigenvalue weighted by Gasteiger charge is -2.33. The molecule has 0 aliphatic carbocycles. The van der Waals surface area contributed by atoms with E-state index in [1.165, 1.54) is 0 Å². The molecule has 5 nitrogen and oxygen atoms in total. The van der Waals surface area contributed by atoms with Gasteiger partial charge in [0.2, 0.25) is 5.91 Å². The van der Waals surface area contributed by atoms with Crippen LogP contribution in [0.5, 0.6) is 11.5 Å². The van der Waals surface area contributed by atoms with E-state index in [1.54, 1.807) is 0 Å². The standard InChI is InChI=1S/C13H16N2O3/c1-15-3-2-8-6-10-11(18-5-4-17-10)7-9(8)12(15)13(14)16/h6-7,12H,2-5H2,1H3,(H2,14,16). The fraction of sp³-hybridized carbons (Fsp3) is 0.462. The van der Waals surface area contributed by atoms with Gasteiger partial charge < -0.3 is 15.2 Å². The largest absolute Gasteiger partial charge is 0.486 e. The summed E-state index contributed by atoms with van der Waals surface area (Å²) in [6.07, 6.45) is 0.895. The van der Waals surface area contributed by atoms with E-state index >= 15 is 0 Å². The fourth-order valence-electron chi connectivity index (χ4n) is 2.65. The van der Waals surface area contributed by atoms with Gasteiger partial charge >= 0.3 is 0 Å².